The Hall–Kier alpha value is -0.530. The van der Waals surface area contributed by atoms with E-state index in [4.69, 9.17) is 0 Å². The van der Waals surface area contributed by atoms with E-state index in [0.29, 0.717) is 0 Å². The minimum Gasteiger partial charge on any atom is -0.247 e. The summed E-state index contributed by atoms with van der Waals surface area (Å²) in [5.74, 6) is -0.820. The van der Waals surface area contributed by atoms with Gasteiger partial charge in [0.25, 0.3) is 0 Å². The highest BCUT2D eigenvalue weighted by molar-refractivity contribution is 5.74. The standard InChI is InChI=1S/C16H31O2/c1-4-7-8-9-10-11-14-16(12-5-2,13-6-3)15(17)18/h4-14H2,1-3H3. The van der Waals surface area contributed by atoms with Crippen LogP contribution >= 0.6 is 0 Å². The predicted molar refractivity (Wildman–Crippen MR) is 75.9 cm³/mol. The molecule has 0 bridgehead atoms. The molecule has 0 unspecified atom stereocenters. The lowest BCUT2D eigenvalue weighted by Gasteiger charge is -2.27. The van der Waals surface area contributed by atoms with Gasteiger partial charge < -0.3 is 0 Å². The van der Waals surface area contributed by atoms with Crippen LogP contribution in [-0.2, 0) is 9.90 Å². The minimum atomic E-state index is -0.820. The van der Waals surface area contributed by atoms with Crippen molar-refractivity contribution in [3.05, 3.63) is 0 Å². The largest absolute Gasteiger partial charge is 0.361 e. The van der Waals surface area contributed by atoms with Gasteiger partial charge in [0, 0.05) is 0 Å². The smallest absolute Gasteiger partial charge is 0.247 e. The van der Waals surface area contributed by atoms with Crippen molar-refractivity contribution < 1.29 is 9.90 Å². The zero-order chi connectivity index (χ0) is 13.9. The minimum absolute atomic E-state index is 0.547. The summed E-state index contributed by atoms with van der Waals surface area (Å²) in [6.07, 6.45) is 11.5. The molecule has 2 nitrogen and oxygen atoms in total. The normalized spacial score (nSPS) is 11.7. The fraction of sp³-hybridized carbons (Fsp3) is 0.938. The van der Waals surface area contributed by atoms with Crippen LogP contribution in [0.15, 0.2) is 0 Å². The molecule has 2 heteroatoms. The van der Waals surface area contributed by atoms with E-state index in [9.17, 15) is 9.90 Å². The first-order valence-electron chi connectivity index (χ1n) is 7.84. The molecule has 107 valence electrons. The molecule has 0 saturated heterocycles. The molecule has 0 atom stereocenters. The summed E-state index contributed by atoms with van der Waals surface area (Å²) in [4.78, 5) is 11.5. The van der Waals surface area contributed by atoms with Gasteiger partial charge in [-0.05, 0) is 19.3 Å². The third-order valence-corrected chi connectivity index (χ3v) is 3.90. The SMILES string of the molecule is CCCCCCCCC(CCC)(CCC)C([O])=O. The highest BCUT2D eigenvalue weighted by atomic mass is 16.4. The fourth-order valence-electron chi connectivity index (χ4n) is 2.88. The van der Waals surface area contributed by atoms with Crippen LogP contribution in [0.2, 0.25) is 0 Å². The molecule has 1 radical (unpaired) electrons. The Morgan fingerprint density at radius 2 is 1.22 bits per heavy atom. The molecule has 0 aliphatic rings. The second-order valence-corrected chi connectivity index (χ2v) is 5.59. The molecule has 18 heavy (non-hydrogen) atoms. The van der Waals surface area contributed by atoms with Gasteiger partial charge in [0.05, 0.1) is 5.41 Å². The number of rotatable bonds is 12. The van der Waals surface area contributed by atoms with Crippen LogP contribution in [0, 0.1) is 5.41 Å². The van der Waals surface area contributed by atoms with Crippen molar-refractivity contribution in [3.8, 4) is 0 Å². The molecule has 0 spiro atoms. The van der Waals surface area contributed by atoms with Gasteiger partial charge in [-0.15, -0.1) is 0 Å². The molecule has 0 heterocycles. The quantitative estimate of drug-likeness (QED) is 0.437. The van der Waals surface area contributed by atoms with Gasteiger partial charge in [-0.1, -0.05) is 72.1 Å². The van der Waals surface area contributed by atoms with Gasteiger partial charge in [-0.2, -0.15) is 0 Å². The molecule has 0 aromatic heterocycles. The molecule has 0 amide bonds. The third-order valence-electron chi connectivity index (χ3n) is 3.90. The van der Waals surface area contributed by atoms with Crippen LogP contribution in [0.1, 0.15) is 91.4 Å². The Morgan fingerprint density at radius 3 is 1.67 bits per heavy atom. The maximum atomic E-state index is 11.5. The summed E-state index contributed by atoms with van der Waals surface area (Å²) in [5.41, 5.74) is -0.547. The number of hydrogen-bond donors (Lipinski definition) is 0. The lowest BCUT2D eigenvalue weighted by Crippen LogP contribution is -2.30. The zero-order valence-electron chi connectivity index (χ0n) is 12.6. The molecule has 0 saturated carbocycles. The summed E-state index contributed by atoms with van der Waals surface area (Å²) >= 11 is 0. The van der Waals surface area contributed by atoms with Gasteiger partial charge in [0.2, 0.25) is 0 Å². The molecule has 0 aliphatic carbocycles. The zero-order valence-corrected chi connectivity index (χ0v) is 12.6. The Kier molecular flexibility index (Phi) is 10.1. The van der Waals surface area contributed by atoms with Gasteiger partial charge in [-0.3, -0.25) is 0 Å². The van der Waals surface area contributed by atoms with E-state index in [-0.39, 0.29) is 0 Å². The van der Waals surface area contributed by atoms with Crippen LogP contribution in [0.5, 0.6) is 0 Å². The number of carbonyl (C=O) groups excluding carboxylic acids is 1. The summed E-state index contributed by atoms with van der Waals surface area (Å²) in [7, 11) is 0. The number of unbranched alkanes of at least 4 members (excludes halogenated alkanes) is 5. The molecule has 0 aliphatic heterocycles. The van der Waals surface area contributed by atoms with Gasteiger partial charge in [-0.25, -0.2) is 9.90 Å². The Morgan fingerprint density at radius 1 is 0.722 bits per heavy atom. The molecule has 0 fully saturated rings. The summed E-state index contributed by atoms with van der Waals surface area (Å²) in [6.45, 7) is 6.34. The Balaban J connectivity index is 4.10. The summed E-state index contributed by atoms with van der Waals surface area (Å²) in [6, 6.07) is 0. The monoisotopic (exact) mass is 255 g/mol. The van der Waals surface area contributed by atoms with E-state index in [0.717, 1.165) is 38.5 Å². The van der Waals surface area contributed by atoms with E-state index in [1.54, 1.807) is 0 Å². The van der Waals surface area contributed by atoms with E-state index in [1.165, 1.54) is 32.1 Å². The van der Waals surface area contributed by atoms with Crippen LogP contribution in [-0.4, -0.2) is 5.97 Å². The molecular formula is C16H31O2. The van der Waals surface area contributed by atoms with Gasteiger partial charge >= 0.3 is 5.97 Å². The molecule has 0 rings (SSSR count). The fourth-order valence-corrected chi connectivity index (χ4v) is 2.88. The Bertz CT molecular complexity index is 205. The number of carbonyl (C=O) groups is 1. The second-order valence-electron chi connectivity index (χ2n) is 5.59. The highest BCUT2D eigenvalue weighted by Crippen LogP contribution is 2.36. The maximum absolute atomic E-state index is 11.5. The van der Waals surface area contributed by atoms with Crippen molar-refractivity contribution in [2.75, 3.05) is 0 Å². The van der Waals surface area contributed by atoms with Crippen molar-refractivity contribution >= 4 is 5.97 Å². The first-order valence-corrected chi connectivity index (χ1v) is 7.84. The average Bonchev–Trinajstić information content (AvgIpc) is 2.33. The summed E-state index contributed by atoms with van der Waals surface area (Å²) < 4.78 is 0. The summed E-state index contributed by atoms with van der Waals surface area (Å²) in [5, 5.41) is 11.5. The molecule has 0 aromatic carbocycles. The van der Waals surface area contributed by atoms with Crippen LogP contribution in [0.25, 0.3) is 0 Å². The average molecular weight is 255 g/mol. The lowest BCUT2D eigenvalue weighted by molar-refractivity contribution is -0.157. The first-order chi connectivity index (χ1) is 8.63. The van der Waals surface area contributed by atoms with Crippen LogP contribution < -0.4 is 0 Å². The van der Waals surface area contributed by atoms with Crippen molar-refractivity contribution in [2.45, 2.75) is 91.4 Å². The lowest BCUT2D eigenvalue weighted by atomic mass is 9.75. The third kappa shape index (κ3) is 6.42. The molecular weight excluding hydrogens is 224 g/mol. The molecule has 0 aromatic rings. The van der Waals surface area contributed by atoms with Crippen LogP contribution in [0.3, 0.4) is 0 Å². The van der Waals surface area contributed by atoms with E-state index < -0.39 is 11.4 Å². The Labute approximate surface area is 113 Å². The van der Waals surface area contributed by atoms with Gasteiger partial charge in [0.1, 0.15) is 0 Å². The topological polar surface area (TPSA) is 37.0 Å². The van der Waals surface area contributed by atoms with Gasteiger partial charge in [0.15, 0.2) is 0 Å². The van der Waals surface area contributed by atoms with Crippen molar-refractivity contribution in [1.82, 2.24) is 0 Å². The van der Waals surface area contributed by atoms with Crippen LogP contribution in [0.4, 0.5) is 0 Å². The number of hydrogen-bond acceptors (Lipinski definition) is 1. The van der Waals surface area contributed by atoms with Crippen molar-refractivity contribution in [2.24, 2.45) is 5.41 Å². The van der Waals surface area contributed by atoms with Crippen molar-refractivity contribution in [3.63, 3.8) is 0 Å². The second kappa shape index (κ2) is 10.4. The predicted octanol–water partition coefficient (Wildman–Crippen LogP) is 5.28. The van der Waals surface area contributed by atoms with Crippen molar-refractivity contribution in [1.29, 1.82) is 0 Å². The van der Waals surface area contributed by atoms with E-state index in [1.807, 2.05) is 0 Å². The highest BCUT2D eigenvalue weighted by Gasteiger charge is 2.37. The van der Waals surface area contributed by atoms with E-state index >= 15 is 0 Å². The maximum Gasteiger partial charge on any atom is 0.361 e. The first kappa shape index (κ1) is 17.5. The molecule has 0 N–H and O–H groups in total. The van der Waals surface area contributed by atoms with E-state index in [2.05, 4.69) is 20.8 Å².